The topological polar surface area (TPSA) is 128 Å². The maximum Gasteiger partial charge on any atom is 0.333 e. The molecule has 1 heterocycles. The van der Waals surface area contributed by atoms with Crippen LogP contribution in [0.5, 0.6) is 0 Å². The Bertz CT molecular complexity index is 422. The Kier molecular flexibility index (Phi) is 10.8. The maximum atomic E-state index is 11.5. The highest BCUT2D eigenvalue weighted by Gasteiger charge is 2.32. The van der Waals surface area contributed by atoms with Crippen LogP contribution in [0.25, 0.3) is 0 Å². The van der Waals surface area contributed by atoms with Gasteiger partial charge in [-0.15, -0.1) is 17.5 Å². The molecule has 23 heavy (non-hydrogen) atoms. The van der Waals surface area contributed by atoms with Gasteiger partial charge in [0.25, 0.3) is 11.8 Å². The highest BCUT2D eigenvalue weighted by Crippen LogP contribution is 2.14. The highest BCUT2D eigenvalue weighted by molar-refractivity contribution is 6.01. The first-order valence-corrected chi connectivity index (χ1v) is 7.62. The zero-order valence-corrected chi connectivity index (χ0v) is 14.0. The Morgan fingerprint density at radius 1 is 1.00 bits per heavy atom. The van der Waals surface area contributed by atoms with Crippen molar-refractivity contribution in [2.75, 3.05) is 6.54 Å². The molecule has 0 aromatic carbocycles. The van der Waals surface area contributed by atoms with Gasteiger partial charge in [0.2, 0.25) is 0 Å². The van der Waals surface area contributed by atoms with Crippen molar-refractivity contribution in [3.8, 4) is 0 Å². The first-order chi connectivity index (χ1) is 10.5. The molecule has 0 spiro atoms. The summed E-state index contributed by atoms with van der Waals surface area (Å²) in [5, 5.41) is 0.589. The Morgan fingerprint density at radius 2 is 1.52 bits per heavy atom. The molecule has 2 amide bonds. The van der Waals surface area contributed by atoms with Crippen molar-refractivity contribution in [3.63, 3.8) is 0 Å². The molecule has 4 N–H and O–H groups in total. The fraction of sp³-hybridized carbons (Fsp3) is 0.714. The number of nitrogens with two attached hydrogens (primary N) is 2. The van der Waals surface area contributed by atoms with Crippen molar-refractivity contribution in [1.82, 2.24) is 5.06 Å². The summed E-state index contributed by atoms with van der Waals surface area (Å²) in [6, 6.07) is 0. The van der Waals surface area contributed by atoms with Crippen molar-refractivity contribution in [1.29, 1.82) is 0 Å². The van der Waals surface area contributed by atoms with E-state index in [9.17, 15) is 14.4 Å². The third-order valence-corrected chi connectivity index (χ3v) is 3.28. The van der Waals surface area contributed by atoms with E-state index in [1.807, 2.05) is 0 Å². The van der Waals surface area contributed by atoms with Crippen LogP contribution >= 0.6 is 12.4 Å². The number of imide groups is 1. The molecule has 1 rings (SSSR count). The Morgan fingerprint density at radius 3 is 2.09 bits per heavy atom. The number of nitrogens with zero attached hydrogens (tertiary/aromatic N) is 2. The first kappa shape index (κ1) is 21.2. The molecular formula is C14H25ClN4O4. The smallest absolute Gasteiger partial charge is 0.333 e. The number of aliphatic imine (C=N–C) groups is 1. The third kappa shape index (κ3) is 9.02. The van der Waals surface area contributed by atoms with Crippen molar-refractivity contribution >= 4 is 36.2 Å². The minimum absolute atomic E-state index is 0. The molecule has 0 aromatic heterocycles. The van der Waals surface area contributed by atoms with E-state index in [0.717, 1.165) is 32.1 Å². The summed E-state index contributed by atoms with van der Waals surface area (Å²) < 4.78 is 0. The largest absolute Gasteiger partial charge is 0.370 e. The molecule has 1 saturated heterocycles. The molecule has 0 aliphatic carbocycles. The van der Waals surface area contributed by atoms with Crippen LogP contribution in [0.1, 0.15) is 57.8 Å². The van der Waals surface area contributed by atoms with Crippen LogP contribution in [0.3, 0.4) is 0 Å². The zero-order valence-electron chi connectivity index (χ0n) is 13.2. The predicted molar refractivity (Wildman–Crippen MR) is 87.4 cm³/mol. The van der Waals surface area contributed by atoms with Crippen molar-refractivity contribution < 1.29 is 19.2 Å². The van der Waals surface area contributed by atoms with Gasteiger partial charge in [-0.3, -0.25) is 14.6 Å². The van der Waals surface area contributed by atoms with Gasteiger partial charge in [-0.25, -0.2) is 4.79 Å². The van der Waals surface area contributed by atoms with E-state index in [0.29, 0.717) is 18.0 Å². The Labute approximate surface area is 142 Å². The molecule has 0 unspecified atom stereocenters. The molecular weight excluding hydrogens is 324 g/mol. The molecule has 132 valence electrons. The average molecular weight is 349 g/mol. The van der Waals surface area contributed by atoms with E-state index in [1.165, 1.54) is 0 Å². The molecule has 1 aliphatic heterocycles. The number of carbonyl (C=O) groups is 3. The van der Waals surface area contributed by atoms with Crippen LogP contribution in [-0.2, 0) is 19.2 Å². The number of rotatable bonds is 10. The SMILES string of the molecule is Cl.NC(N)=NCCCCCCCCC(=O)ON1C(=O)CCC1=O. The standard InChI is InChI=1S/C14H24N4O4.ClH/c15-14(16)17-10-6-4-2-1-3-5-7-13(21)22-18-11(19)8-9-12(18)20;/h1-10H2,(H4,15,16,17);1H. The van der Waals surface area contributed by atoms with Crippen LogP contribution in [-0.4, -0.2) is 35.4 Å². The number of unbranched alkanes of at least 4 members (excludes halogenated alkanes) is 5. The lowest BCUT2D eigenvalue weighted by Gasteiger charge is -2.12. The number of halogens is 1. The van der Waals surface area contributed by atoms with Gasteiger partial charge >= 0.3 is 5.97 Å². The van der Waals surface area contributed by atoms with Crippen molar-refractivity contribution in [2.45, 2.75) is 57.8 Å². The normalized spacial score (nSPS) is 13.7. The minimum atomic E-state index is -0.531. The summed E-state index contributed by atoms with van der Waals surface area (Å²) in [4.78, 5) is 42.7. The quantitative estimate of drug-likeness (QED) is 0.262. The number of hydrogen-bond donors (Lipinski definition) is 2. The van der Waals surface area contributed by atoms with Crippen LogP contribution in [0, 0.1) is 0 Å². The van der Waals surface area contributed by atoms with E-state index in [4.69, 9.17) is 16.3 Å². The van der Waals surface area contributed by atoms with Gasteiger partial charge in [0, 0.05) is 25.8 Å². The van der Waals surface area contributed by atoms with E-state index < -0.39 is 17.8 Å². The zero-order chi connectivity index (χ0) is 16.4. The lowest BCUT2D eigenvalue weighted by atomic mass is 10.1. The Hall–Kier alpha value is -1.83. The monoisotopic (exact) mass is 348 g/mol. The van der Waals surface area contributed by atoms with Crippen LogP contribution in [0.2, 0.25) is 0 Å². The summed E-state index contributed by atoms with van der Waals surface area (Å²) in [7, 11) is 0. The van der Waals surface area contributed by atoms with Gasteiger partial charge in [0.15, 0.2) is 5.96 Å². The number of hydroxylamine groups is 2. The van der Waals surface area contributed by atoms with E-state index in [1.54, 1.807) is 0 Å². The molecule has 0 saturated carbocycles. The highest BCUT2D eigenvalue weighted by atomic mass is 35.5. The molecule has 1 fully saturated rings. The molecule has 8 nitrogen and oxygen atoms in total. The van der Waals surface area contributed by atoms with Crippen molar-refractivity contribution in [2.24, 2.45) is 16.5 Å². The van der Waals surface area contributed by atoms with Gasteiger partial charge in [0.05, 0.1) is 0 Å². The number of guanidine groups is 1. The van der Waals surface area contributed by atoms with Gasteiger partial charge < -0.3 is 16.3 Å². The second kappa shape index (κ2) is 11.7. The lowest BCUT2D eigenvalue weighted by molar-refractivity contribution is -0.197. The van der Waals surface area contributed by atoms with Crippen LogP contribution < -0.4 is 11.5 Å². The fourth-order valence-electron chi connectivity index (χ4n) is 2.10. The number of hydrogen-bond acceptors (Lipinski definition) is 5. The van der Waals surface area contributed by atoms with Crippen molar-refractivity contribution in [3.05, 3.63) is 0 Å². The van der Waals surface area contributed by atoms with Gasteiger partial charge in [-0.1, -0.05) is 25.7 Å². The summed E-state index contributed by atoms with van der Waals surface area (Å²) in [5.41, 5.74) is 10.4. The second-order valence-electron chi connectivity index (χ2n) is 5.22. The molecule has 0 radical (unpaired) electrons. The first-order valence-electron chi connectivity index (χ1n) is 7.62. The third-order valence-electron chi connectivity index (χ3n) is 3.28. The number of carbonyl (C=O) groups excluding carboxylic acids is 3. The van der Waals surface area contributed by atoms with E-state index in [-0.39, 0.29) is 37.6 Å². The van der Waals surface area contributed by atoms with Crippen LogP contribution in [0.4, 0.5) is 0 Å². The van der Waals surface area contributed by atoms with Gasteiger partial charge in [0.1, 0.15) is 0 Å². The maximum absolute atomic E-state index is 11.5. The fourth-order valence-corrected chi connectivity index (χ4v) is 2.10. The molecule has 0 atom stereocenters. The second-order valence-corrected chi connectivity index (χ2v) is 5.22. The van der Waals surface area contributed by atoms with Gasteiger partial charge in [-0.05, 0) is 12.8 Å². The average Bonchev–Trinajstić information content (AvgIpc) is 2.77. The van der Waals surface area contributed by atoms with Gasteiger partial charge in [-0.2, -0.15) is 0 Å². The summed E-state index contributed by atoms with van der Waals surface area (Å²) >= 11 is 0. The Balaban J connectivity index is 0.00000484. The van der Waals surface area contributed by atoms with E-state index >= 15 is 0 Å². The predicted octanol–water partition coefficient (Wildman–Crippen LogP) is 1.02. The van der Waals surface area contributed by atoms with Crippen LogP contribution in [0.15, 0.2) is 4.99 Å². The lowest BCUT2D eigenvalue weighted by Crippen LogP contribution is -2.31. The molecule has 1 aliphatic rings. The molecule has 0 aromatic rings. The summed E-state index contributed by atoms with van der Waals surface area (Å²) in [6.45, 7) is 0.645. The summed E-state index contributed by atoms with van der Waals surface area (Å²) in [5.74, 6) is -1.30. The molecule has 0 bridgehead atoms. The minimum Gasteiger partial charge on any atom is -0.370 e. The summed E-state index contributed by atoms with van der Waals surface area (Å²) in [6.07, 6.45) is 6.08. The van der Waals surface area contributed by atoms with E-state index in [2.05, 4.69) is 4.99 Å². The number of amides is 2. The molecule has 9 heteroatoms.